The third kappa shape index (κ3) is 3.27. The molecule has 1 saturated carbocycles. The van der Waals surface area contributed by atoms with Crippen molar-refractivity contribution >= 4 is 35.1 Å². The molecule has 3 nitrogen and oxygen atoms in total. The Morgan fingerprint density at radius 2 is 2.00 bits per heavy atom. The average molecular weight is 285 g/mol. The number of carbonyl (C=O) groups is 2. The fourth-order valence-corrected chi connectivity index (χ4v) is 3.33. The van der Waals surface area contributed by atoms with E-state index in [0.29, 0.717) is 24.3 Å². The predicted octanol–water partition coefficient (Wildman–Crippen LogP) is 3.25. The Bertz CT molecular complexity index is 458. The van der Waals surface area contributed by atoms with Gasteiger partial charge in [-0.15, -0.1) is 11.8 Å². The summed E-state index contributed by atoms with van der Waals surface area (Å²) in [4.78, 5) is 23.7. The summed E-state index contributed by atoms with van der Waals surface area (Å²) >= 11 is 7.22. The first-order valence-electron chi connectivity index (χ1n) is 5.74. The highest BCUT2D eigenvalue weighted by Crippen LogP contribution is 2.34. The Labute approximate surface area is 115 Å². The third-order valence-corrected chi connectivity index (χ3v) is 4.57. The molecule has 2 rings (SSSR count). The number of carboxylic acid groups (broad SMARTS) is 1. The zero-order chi connectivity index (χ0) is 13.1. The van der Waals surface area contributed by atoms with Crippen LogP contribution in [0.2, 0.25) is 5.02 Å². The zero-order valence-electron chi connectivity index (χ0n) is 9.64. The third-order valence-electron chi connectivity index (χ3n) is 3.04. The molecule has 0 aromatic heterocycles. The Balaban J connectivity index is 2.04. The van der Waals surface area contributed by atoms with Crippen molar-refractivity contribution in [1.29, 1.82) is 0 Å². The minimum Gasteiger partial charge on any atom is -0.481 e. The minimum absolute atomic E-state index is 0.146. The van der Waals surface area contributed by atoms with Crippen LogP contribution in [0, 0.1) is 5.92 Å². The summed E-state index contributed by atoms with van der Waals surface area (Å²) in [6.45, 7) is 0. The molecule has 0 saturated heterocycles. The highest BCUT2D eigenvalue weighted by Gasteiger charge is 2.32. The van der Waals surface area contributed by atoms with Crippen molar-refractivity contribution in [1.82, 2.24) is 0 Å². The molecule has 0 radical (unpaired) electrons. The maximum absolute atomic E-state index is 11.8. The standard InChI is InChI=1S/C13H13ClO3S/c14-9-2-4-10(5-3-9)18-12-7-8(13(16)17)1-6-11(12)15/h2-5,8,12H,1,6-7H2,(H,16,17). The number of ketones is 1. The smallest absolute Gasteiger partial charge is 0.306 e. The number of carbonyl (C=O) groups excluding carboxylic acids is 1. The SMILES string of the molecule is O=C(O)C1CCC(=O)C(Sc2ccc(Cl)cc2)C1. The van der Waals surface area contributed by atoms with Crippen molar-refractivity contribution in [3.05, 3.63) is 29.3 Å². The molecule has 0 amide bonds. The van der Waals surface area contributed by atoms with Gasteiger partial charge < -0.3 is 5.11 Å². The van der Waals surface area contributed by atoms with Gasteiger partial charge in [-0.3, -0.25) is 9.59 Å². The van der Waals surface area contributed by atoms with E-state index in [1.807, 2.05) is 12.1 Å². The van der Waals surface area contributed by atoms with Gasteiger partial charge in [-0.1, -0.05) is 11.6 Å². The molecule has 2 atom stereocenters. The molecule has 5 heteroatoms. The summed E-state index contributed by atoms with van der Waals surface area (Å²) in [5.74, 6) is -1.05. The molecule has 1 aliphatic carbocycles. The van der Waals surface area contributed by atoms with Crippen molar-refractivity contribution in [2.45, 2.75) is 29.4 Å². The molecule has 1 aromatic carbocycles. The molecule has 96 valence electrons. The molecular weight excluding hydrogens is 272 g/mol. The van der Waals surface area contributed by atoms with Gasteiger partial charge in [0.2, 0.25) is 0 Å². The van der Waals surface area contributed by atoms with Gasteiger partial charge >= 0.3 is 5.97 Å². The van der Waals surface area contributed by atoms with E-state index in [0.717, 1.165) is 4.90 Å². The molecule has 0 bridgehead atoms. The van der Waals surface area contributed by atoms with E-state index in [9.17, 15) is 9.59 Å². The summed E-state index contributed by atoms with van der Waals surface area (Å²) in [5.41, 5.74) is 0. The lowest BCUT2D eigenvalue weighted by molar-refractivity contribution is -0.143. The highest BCUT2D eigenvalue weighted by atomic mass is 35.5. The van der Waals surface area contributed by atoms with Crippen LogP contribution in [-0.2, 0) is 9.59 Å². The Hall–Kier alpha value is -1.00. The van der Waals surface area contributed by atoms with Crippen molar-refractivity contribution in [2.75, 3.05) is 0 Å². The van der Waals surface area contributed by atoms with Gasteiger partial charge in [0.1, 0.15) is 5.78 Å². The van der Waals surface area contributed by atoms with Crippen LogP contribution in [0.3, 0.4) is 0 Å². The summed E-state index contributed by atoms with van der Waals surface area (Å²) in [5, 5.41) is 9.41. The molecule has 0 spiro atoms. The van der Waals surface area contributed by atoms with E-state index in [4.69, 9.17) is 16.7 Å². The minimum atomic E-state index is -0.802. The topological polar surface area (TPSA) is 54.4 Å². The summed E-state index contributed by atoms with van der Waals surface area (Å²) < 4.78 is 0. The van der Waals surface area contributed by atoms with Crippen LogP contribution in [-0.4, -0.2) is 22.1 Å². The molecule has 1 aliphatic rings. The van der Waals surface area contributed by atoms with Gasteiger partial charge in [0.15, 0.2) is 0 Å². The van der Waals surface area contributed by atoms with Crippen LogP contribution in [0.25, 0.3) is 0 Å². The van der Waals surface area contributed by atoms with Crippen LogP contribution in [0.4, 0.5) is 0 Å². The summed E-state index contributed by atoms with van der Waals surface area (Å²) in [6, 6.07) is 7.24. The highest BCUT2D eigenvalue weighted by molar-refractivity contribution is 8.00. The number of rotatable bonds is 3. The van der Waals surface area contributed by atoms with Crippen LogP contribution in [0.1, 0.15) is 19.3 Å². The lowest BCUT2D eigenvalue weighted by Gasteiger charge is -2.24. The number of hydrogen-bond acceptors (Lipinski definition) is 3. The van der Waals surface area contributed by atoms with Crippen LogP contribution in [0.5, 0.6) is 0 Å². The second-order valence-corrected chi connectivity index (χ2v) is 6.05. The van der Waals surface area contributed by atoms with E-state index < -0.39 is 11.9 Å². The normalized spacial score (nSPS) is 23.9. The first-order chi connectivity index (χ1) is 8.56. The lowest BCUT2D eigenvalue weighted by atomic mass is 9.88. The number of halogens is 1. The predicted molar refractivity (Wildman–Crippen MR) is 71.1 cm³/mol. The Morgan fingerprint density at radius 1 is 1.33 bits per heavy atom. The number of hydrogen-bond donors (Lipinski definition) is 1. The molecule has 1 aromatic rings. The van der Waals surface area contributed by atoms with Gasteiger partial charge in [0.25, 0.3) is 0 Å². The lowest BCUT2D eigenvalue weighted by Crippen LogP contribution is -2.31. The first kappa shape index (κ1) is 13.4. The largest absolute Gasteiger partial charge is 0.481 e. The van der Waals surface area contributed by atoms with E-state index in [-0.39, 0.29) is 11.0 Å². The molecule has 1 N–H and O–H groups in total. The van der Waals surface area contributed by atoms with Crippen molar-refractivity contribution < 1.29 is 14.7 Å². The number of carboxylic acids is 1. The van der Waals surface area contributed by atoms with Gasteiger partial charge in [-0.25, -0.2) is 0 Å². The van der Waals surface area contributed by atoms with E-state index >= 15 is 0 Å². The maximum atomic E-state index is 11.8. The zero-order valence-corrected chi connectivity index (χ0v) is 11.2. The monoisotopic (exact) mass is 284 g/mol. The van der Waals surface area contributed by atoms with E-state index in [2.05, 4.69) is 0 Å². The Kier molecular flexibility index (Phi) is 4.30. The quantitative estimate of drug-likeness (QED) is 0.926. The van der Waals surface area contributed by atoms with Crippen molar-refractivity contribution in [3.8, 4) is 0 Å². The average Bonchev–Trinajstić information content (AvgIpc) is 2.34. The molecule has 0 heterocycles. The van der Waals surface area contributed by atoms with Gasteiger partial charge in [0.05, 0.1) is 11.2 Å². The fourth-order valence-electron chi connectivity index (χ4n) is 2.00. The van der Waals surface area contributed by atoms with Gasteiger partial charge in [-0.05, 0) is 37.1 Å². The van der Waals surface area contributed by atoms with Gasteiger partial charge in [-0.2, -0.15) is 0 Å². The summed E-state index contributed by atoms with van der Waals surface area (Å²) in [7, 11) is 0. The van der Waals surface area contributed by atoms with Crippen molar-refractivity contribution in [3.63, 3.8) is 0 Å². The maximum Gasteiger partial charge on any atom is 0.306 e. The van der Waals surface area contributed by atoms with Gasteiger partial charge in [0, 0.05) is 16.3 Å². The second-order valence-electron chi connectivity index (χ2n) is 4.34. The fraction of sp³-hybridized carbons (Fsp3) is 0.385. The summed E-state index contributed by atoms with van der Waals surface area (Å²) in [6.07, 6.45) is 1.25. The molecular formula is C13H13ClO3S. The van der Waals surface area contributed by atoms with Crippen LogP contribution < -0.4 is 0 Å². The Morgan fingerprint density at radius 3 is 2.61 bits per heavy atom. The first-order valence-corrected chi connectivity index (χ1v) is 7.00. The molecule has 18 heavy (non-hydrogen) atoms. The molecule has 2 unspecified atom stereocenters. The second kappa shape index (κ2) is 5.76. The van der Waals surface area contributed by atoms with Crippen LogP contribution >= 0.6 is 23.4 Å². The molecule has 1 fully saturated rings. The van der Waals surface area contributed by atoms with E-state index in [1.165, 1.54) is 11.8 Å². The number of benzene rings is 1. The number of aliphatic carboxylic acids is 1. The number of Topliss-reactive ketones (excluding diaryl/α,β-unsaturated/α-hetero) is 1. The van der Waals surface area contributed by atoms with Crippen LogP contribution in [0.15, 0.2) is 29.2 Å². The van der Waals surface area contributed by atoms with E-state index in [1.54, 1.807) is 12.1 Å². The van der Waals surface area contributed by atoms with Crippen molar-refractivity contribution in [2.24, 2.45) is 5.92 Å². The molecule has 0 aliphatic heterocycles. The number of thioether (sulfide) groups is 1.